The van der Waals surface area contributed by atoms with E-state index in [-0.39, 0.29) is 11.9 Å². The van der Waals surface area contributed by atoms with Crippen molar-refractivity contribution < 1.29 is 8.78 Å². The number of aromatic nitrogens is 8. The minimum absolute atomic E-state index is 0.0182. The number of alkyl halides is 2. The first-order valence-corrected chi connectivity index (χ1v) is 10.4. The van der Waals surface area contributed by atoms with Crippen LogP contribution < -0.4 is 11.1 Å². The first-order valence-electron chi connectivity index (χ1n) is 10.4. The average molecular weight is 462 g/mol. The second-order valence-corrected chi connectivity index (χ2v) is 7.58. The number of rotatable bonds is 7. The Morgan fingerprint density at radius 3 is 2.71 bits per heavy atom. The van der Waals surface area contributed by atoms with Crippen LogP contribution in [0, 0.1) is 6.92 Å². The normalized spacial score (nSPS) is 12.4. The van der Waals surface area contributed by atoms with E-state index in [1.807, 2.05) is 41.8 Å². The minimum Gasteiger partial charge on any atom is -0.368 e. The van der Waals surface area contributed by atoms with Crippen molar-refractivity contribution in [2.24, 2.45) is 0 Å². The number of nitrogens with zero attached hydrogens (tertiary/aromatic N) is 8. The third kappa shape index (κ3) is 4.37. The van der Waals surface area contributed by atoms with E-state index in [2.05, 4.69) is 35.3 Å². The Morgan fingerprint density at radius 2 is 1.94 bits per heavy atom. The van der Waals surface area contributed by atoms with Crippen molar-refractivity contribution in [3.63, 3.8) is 0 Å². The molecule has 0 radical (unpaired) electrons. The fourth-order valence-corrected chi connectivity index (χ4v) is 3.60. The molecular formula is C22H20F2N10. The van der Waals surface area contributed by atoms with E-state index in [1.165, 1.54) is 12.3 Å². The van der Waals surface area contributed by atoms with E-state index in [4.69, 9.17) is 5.73 Å². The molecule has 10 nitrogen and oxygen atoms in total. The maximum atomic E-state index is 13.1. The third-order valence-corrected chi connectivity index (χ3v) is 5.25. The van der Waals surface area contributed by atoms with Gasteiger partial charge in [-0.05, 0) is 37.3 Å². The molecule has 5 heterocycles. The standard InChI is InChI=1S/C22H20F2N10/c1-13-27-11-16-6-5-14(12-33(13)16)19-29-21(25)31-22(30-19)28-18(10-15-4-2-3-8-26-15)17-7-9-34(32-17)20(23)24/h2-9,11-12,18,20H,10H2,1H3,(H3,25,28,29,30,31)/t18-/m1/s1. The van der Waals surface area contributed by atoms with Crippen molar-refractivity contribution in [2.45, 2.75) is 25.9 Å². The van der Waals surface area contributed by atoms with Crippen LogP contribution in [0.3, 0.4) is 0 Å². The number of nitrogens with one attached hydrogen (secondary N) is 1. The fourth-order valence-electron chi connectivity index (χ4n) is 3.60. The van der Waals surface area contributed by atoms with E-state index in [9.17, 15) is 8.78 Å². The van der Waals surface area contributed by atoms with E-state index >= 15 is 0 Å². The molecule has 12 heteroatoms. The number of nitrogen functional groups attached to an aromatic ring is 1. The van der Waals surface area contributed by atoms with Gasteiger partial charge in [0.2, 0.25) is 11.9 Å². The van der Waals surface area contributed by atoms with Gasteiger partial charge in [0.1, 0.15) is 5.82 Å². The molecular weight excluding hydrogens is 442 g/mol. The zero-order chi connectivity index (χ0) is 23.7. The number of nitrogens with two attached hydrogens (primary N) is 1. The highest BCUT2D eigenvalue weighted by atomic mass is 19.3. The number of aryl methyl sites for hydroxylation is 1. The molecule has 5 aromatic rings. The van der Waals surface area contributed by atoms with Crippen LogP contribution in [0.15, 0.2) is 61.2 Å². The van der Waals surface area contributed by atoms with Crippen LogP contribution in [0.1, 0.15) is 29.8 Å². The molecule has 0 aliphatic carbocycles. The molecule has 0 fully saturated rings. The van der Waals surface area contributed by atoms with Gasteiger partial charge in [-0.2, -0.15) is 28.8 Å². The van der Waals surface area contributed by atoms with Gasteiger partial charge < -0.3 is 15.5 Å². The lowest BCUT2D eigenvalue weighted by atomic mass is 10.1. The number of fused-ring (bicyclic) bond motifs is 1. The van der Waals surface area contributed by atoms with Crippen molar-refractivity contribution in [2.75, 3.05) is 11.1 Å². The van der Waals surface area contributed by atoms with E-state index in [0.717, 1.165) is 17.0 Å². The lowest BCUT2D eigenvalue weighted by molar-refractivity contribution is 0.0560. The van der Waals surface area contributed by atoms with Gasteiger partial charge in [0.15, 0.2) is 5.82 Å². The molecule has 0 saturated heterocycles. The molecule has 1 atom stereocenters. The Labute approximate surface area is 192 Å². The Hall–Kier alpha value is -4.48. The zero-order valence-corrected chi connectivity index (χ0v) is 18.0. The Bertz CT molecular complexity index is 1430. The van der Waals surface area contributed by atoms with Crippen molar-refractivity contribution in [3.8, 4) is 11.4 Å². The predicted molar refractivity (Wildman–Crippen MR) is 121 cm³/mol. The predicted octanol–water partition coefficient (Wildman–Crippen LogP) is 3.46. The van der Waals surface area contributed by atoms with Crippen LogP contribution in [0.25, 0.3) is 16.9 Å². The number of hydrogen-bond donors (Lipinski definition) is 2. The maximum absolute atomic E-state index is 13.1. The van der Waals surface area contributed by atoms with Crippen LogP contribution >= 0.6 is 0 Å². The van der Waals surface area contributed by atoms with Gasteiger partial charge in [-0.25, -0.2) is 9.67 Å². The smallest absolute Gasteiger partial charge is 0.333 e. The summed E-state index contributed by atoms with van der Waals surface area (Å²) in [6.07, 6.45) is 6.89. The molecule has 3 N–H and O–H groups in total. The first kappa shape index (κ1) is 21.4. The molecule has 34 heavy (non-hydrogen) atoms. The average Bonchev–Trinajstić information content (AvgIpc) is 3.46. The lowest BCUT2D eigenvalue weighted by Crippen LogP contribution is -2.18. The molecule has 5 aromatic heterocycles. The molecule has 0 aromatic carbocycles. The van der Waals surface area contributed by atoms with Gasteiger partial charge in [-0.15, -0.1) is 0 Å². The van der Waals surface area contributed by atoms with Crippen LogP contribution in [0.5, 0.6) is 0 Å². The topological polar surface area (TPSA) is 125 Å². The van der Waals surface area contributed by atoms with Gasteiger partial charge >= 0.3 is 6.55 Å². The summed E-state index contributed by atoms with van der Waals surface area (Å²) >= 11 is 0. The zero-order valence-electron chi connectivity index (χ0n) is 18.0. The molecule has 0 unspecified atom stereocenters. The largest absolute Gasteiger partial charge is 0.368 e. The molecule has 0 saturated carbocycles. The monoisotopic (exact) mass is 462 g/mol. The van der Waals surface area contributed by atoms with Crippen LogP contribution in [-0.2, 0) is 6.42 Å². The van der Waals surface area contributed by atoms with Gasteiger partial charge in [0.05, 0.1) is 23.4 Å². The number of pyridine rings is 2. The Morgan fingerprint density at radius 1 is 1.06 bits per heavy atom. The van der Waals surface area contributed by atoms with Gasteiger partial charge in [0.25, 0.3) is 0 Å². The van der Waals surface area contributed by atoms with Crippen LogP contribution in [-0.4, -0.2) is 39.1 Å². The van der Waals surface area contributed by atoms with Crippen molar-refractivity contribution in [1.82, 2.24) is 39.1 Å². The molecule has 0 spiro atoms. The summed E-state index contributed by atoms with van der Waals surface area (Å²) in [4.78, 5) is 21.6. The third-order valence-electron chi connectivity index (χ3n) is 5.25. The van der Waals surface area contributed by atoms with Crippen molar-refractivity contribution >= 4 is 17.4 Å². The second-order valence-electron chi connectivity index (χ2n) is 7.58. The number of anilines is 2. The Kier molecular flexibility index (Phi) is 5.54. The highest BCUT2D eigenvalue weighted by molar-refractivity contribution is 5.61. The Balaban J connectivity index is 1.49. The van der Waals surface area contributed by atoms with Gasteiger partial charge in [-0.3, -0.25) is 4.98 Å². The van der Waals surface area contributed by atoms with Gasteiger partial charge in [0, 0.05) is 36.3 Å². The summed E-state index contributed by atoms with van der Waals surface area (Å²) in [6.45, 7) is -0.850. The minimum atomic E-state index is -2.75. The quantitative estimate of drug-likeness (QED) is 0.377. The maximum Gasteiger partial charge on any atom is 0.333 e. The number of halogens is 2. The van der Waals surface area contributed by atoms with Crippen LogP contribution in [0.4, 0.5) is 20.7 Å². The number of hydrogen-bond acceptors (Lipinski definition) is 8. The highest BCUT2D eigenvalue weighted by Gasteiger charge is 2.20. The van der Waals surface area contributed by atoms with E-state index in [1.54, 1.807) is 18.5 Å². The van der Waals surface area contributed by atoms with E-state index in [0.29, 0.717) is 28.2 Å². The molecule has 172 valence electrons. The summed E-state index contributed by atoms with van der Waals surface area (Å²) in [5.41, 5.74) is 8.77. The fraction of sp³-hybridized carbons (Fsp3) is 0.182. The summed E-state index contributed by atoms with van der Waals surface area (Å²) in [7, 11) is 0. The summed E-state index contributed by atoms with van der Waals surface area (Å²) in [5, 5.41) is 7.18. The second kappa shape index (κ2) is 8.81. The van der Waals surface area contributed by atoms with E-state index < -0.39 is 12.6 Å². The molecule has 0 aliphatic rings. The van der Waals surface area contributed by atoms with Crippen LogP contribution in [0.2, 0.25) is 0 Å². The molecule has 0 aliphatic heterocycles. The molecule has 0 amide bonds. The first-order chi connectivity index (χ1) is 16.5. The molecule has 5 rings (SSSR count). The SMILES string of the molecule is Cc1ncc2ccc(-c3nc(N)nc(N[C@H](Cc4ccccn4)c4ccn(C(F)F)n4)n3)cn12. The van der Waals surface area contributed by atoms with Crippen molar-refractivity contribution in [1.29, 1.82) is 0 Å². The summed E-state index contributed by atoms with van der Waals surface area (Å²) in [5.74, 6) is 1.39. The summed E-state index contributed by atoms with van der Waals surface area (Å²) < 4.78 is 28.8. The van der Waals surface area contributed by atoms with Crippen molar-refractivity contribution in [3.05, 3.63) is 78.4 Å². The number of imidazole rings is 1. The molecule has 0 bridgehead atoms. The highest BCUT2D eigenvalue weighted by Crippen LogP contribution is 2.24. The lowest BCUT2D eigenvalue weighted by Gasteiger charge is -2.17. The van der Waals surface area contributed by atoms with Gasteiger partial charge in [-0.1, -0.05) is 6.07 Å². The summed E-state index contributed by atoms with van der Waals surface area (Å²) in [6, 6.07) is 10.2.